The van der Waals surface area contributed by atoms with Crippen LogP contribution in [0, 0.1) is 17.8 Å². The molecule has 3 aliphatic rings. The molecule has 3 fully saturated rings. The predicted molar refractivity (Wildman–Crippen MR) is 86.1 cm³/mol. The van der Waals surface area contributed by atoms with Crippen LogP contribution in [-0.2, 0) is 4.79 Å². The first kappa shape index (κ1) is 15.5. The summed E-state index contributed by atoms with van der Waals surface area (Å²) in [5.41, 5.74) is -0.0278. The van der Waals surface area contributed by atoms with Crippen LogP contribution in [0.15, 0.2) is 4.99 Å². The normalized spacial score (nSPS) is 35.3. The number of amides is 2. The van der Waals surface area contributed by atoms with Crippen LogP contribution in [0.3, 0.4) is 0 Å². The summed E-state index contributed by atoms with van der Waals surface area (Å²) in [6, 6.07) is 0.122. The summed E-state index contributed by atoms with van der Waals surface area (Å²) in [5.74, 6) is 1.73. The Morgan fingerprint density at radius 3 is 2.27 bits per heavy atom. The highest BCUT2D eigenvalue weighted by Crippen LogP contribution is 2.53. The first-order chi connectivity index (χ1) is 10.6. The smallest absolute Gasteiger partial charge is 0.319 e. The summed E-state index contributed by atoms with van der Waals surface area (Å²) in [7, 11) is 3.63. The van der Waals surface area contributed by atoms with Crippen molar-refractivity contribution in [3.8, 4) is 0 Å². The number of hydrogen-bond donors (Lipinski definition) is 0. The highest BCUT2D eigenvalue weighted by molar-refractivity contribution is 6.13. The minimum Gasteiger partial charge on any atom is -0.331 e. The fourth-order valence-electron chi connectivity index (χ4n) is 5.02. The van der Waals surface area contributed by atoms with Crippen LogP contribution in [0.25, 0.3) is 0 Å². The summed E-state index contributed by atoms with van der Waals surface area (Å²) in [6.45, 7) is 1.71. The molecular weight excluding hydrogens is 278 g/mol. The number of nitrogens with zero attached hydrogens (tertiary/aromatic N) is 3. The highest BCUT2D eigenvalue weighted by Gasteiger charge is 2.53. The molecule has 0 unspecified atom stereocenters. The summed E-state index contributed by atoms with van der Waals surface area (Å²) in [6.07, 6.45) is 9.46. The van der Waals surface area contributed by atoms with Crippen LogP contribution in [0.1, 0.15) is 38.5 Å². The second kappa shape index (κ2) is 6.01. The van der Waals surface area contributed by atoms with Gasteiger partial charge in [-0.25, -0.2) is 4.79 Å². The van der Waals surface area contributed by atoms with Gasteiger partial charge in [-0.3, -0.25) is 9.79 Å². The summed E-state index contributed by atoms with van der Waals surface area (Å²) >= 11 is 0. The van der Waals surface area contributed by atoms with Crippen molar-refractivity contribution in [1.82, 2.24) is 9.80 Å². The van der Waals surface area contributed by atoms with Gasteiger partial charge in [0.05, 0.1) is 11.8 Å². The molecule has 1 aliphatic heterocycles. The Balaban J connectivity index is 1.72. The topological polar surface area (TPSA) is 53.0 Å². The van der Waals surface area contributed by atoms with Crippen LogP contribution in [-0.4, -0.2) is 61.1 Å². The minimum absolute atomic E-state index is 0.0278. The van der Waals surface area contributed by atoms with Crippen molar-refractivity contribution >= 4 is 18.5 Å². The number of hydrogen-bond acceptors (Lipinski definition) is 3. The lowest BCUT2D eigenvalue weighted by molar-refractivity contribution is -0.102. The molecule has 0 aromatic heterocycles. The third kappa shape index (κ3) is 2.66. The van der Waals surface area contributed by atoms with E-state index in [2.05, 4.69) is 0 Å². The van der Waals surface area contributed by atoms with Crippen molar-refractivity contribution in [2.75, 3.05) is 27.2 Å². The van der Waals surface area contributed by atoms with E-state index >= 15 is 0 Å². The van der Waals surface area contributed by atoms with Crippen LogP contribution in [0.5, 0.6) is 0 Å². The summed E-state index contributed by atoms with van der Waals surface area (Å²) in [5, 5.41) is 0. The zero-order chi connectivity index (χ0) is 15.7. The Hall–Kier alpha value is -1.39. The van der Waals surface area contributed by atoms with Crippen molar-refractivity contribution in [3.05, 3.63) is 0 Å². The van der Waals surface area contributed by atoms with E-state index in [0.29, 0.717) is 17.8 Å². The van der Waals surface area contributed by atoms with Crippen molar-refractivity contribution in [1.29, 1.82) is 0 Å². The van der Waals surface area contributed by atoms with E-state index < -0.39 is 0 Å². The molecule has 5 heteroatoms. The van der Waals surface area contributed by atoms with Gasteiger partial charge in [-0.2, -0.15) is 0 Å². The Bertz CT molecular complexity index is 455. The first-order valence-electron chi connectivity index (χ1n) is 8.51. The largest absolute Gasteiger partial charge is 0.331 e. The molecule has 5 nitrogen and oxygen atoms in total. The van der Waals surface area contributed by atoms with Crippen LogP contribution >= 0.6 is 0 Å². The molecule has 3 atom stereocenters. The number of aliphatic imine (C=N–C) groups is 1. The van der Waals surface area contributed by atoms with E-state index in [9.17, 15) is 9.59 Å². The maximum atomic E-state index is 12.1. The molecule has 0 aromatic rings. The molecule has 1 heterocycles. The van der Waals surface area contributed by atoms with Crippen LogP contribution in [0.2, 0.25) is 0 Å². The molecule has 2 aliphatic carbocycles. The quantitative estimate of drug-likeness (QED) is 0.593. The number of rotatable bonds is 3. The van der Waals surface area contributed by atoms with Crippen molar-refractivity contribution < 1.29 is 9.59 Å². The Morgan fingerprint density at radius 1 is 1.18 bits per heavy atom. The van der Waals surface area contributed by atoms with Crippen molar-refractivity contribution in [2.45, 2.75) is 44.1 Å². The van der Waals surface area contributed by atoms with Crippen molar-refractivity contribution in [2.24, 2.45) is 22.7 Å². The third-order valence-electron chi connectivity index (χ3n) is 5.97. The number of fused-ring (bicyclic) bond motifs is 1. The summed E-state index contributed by atoms with van der Waals surface area (Å²) in [4.78, 5) is 31.3. The van der Waals surface area contributed by atoms with E-state index in [-0.39, 0.29) is 11.6 Å². The minimum atomic E-state index is -0.0278. The van der Waals surface area contributed by atoms with Gasteiger partial charge in [0.1, 0.15) is 0 Å². The maximum Gasteiger partial charge on any atom is 0.319 e. The lowest BCUT2D eigenvalue weighted by Crippen LogP contribution is -2.40. The highest BCUT2D eigenvalue weighted by atomic mass is 16.2. The van der Waals surface area contributed by atoms with Crippen molar-refractivity contribution in [3.63, 3.8) is 0 Å². The van der Waals surface area contributed by atoms with Gasteiger partial charge in [0.25, 0.3) is 0 Å². The zero-order valence-corrected chi connectivity index (χ0v) is 13.7. The maximum absolute atomic E-state index is 12.1. The van der Waals surface area contributed by atoms with Gasteiger partial charge in [-0.1, -0.05) is 12.8 Å². The molecule has 0 bridgehead atoms. The average Bonchev–Trinajstić information content (AvgIpc) is 3.18. The van der Waals surface area contributed by atoms with Crippen LogP contribution < -0.4 is 0 Å². The Morgan fingerprint density at radius 2 is 1.77 bits per heavy atom. The third-order valence-corrected chi connectivity index (χ3v) is 5.97. The van der Waals surface area contributed by atoms with Crippen LogP contribution in [0.4, 0.5) is 4.79 Å². The molecule has 0 N–H and O–H groups in total. The van der Waals surface area contributed by atoms with Gasteiger partial charge >= 0.3 is 6.03 Å². The number of urea groups is 1. The van der Waals surface area contributed by atoms with Gasteiger partial charge in [0.15, 0.2) is 6.29 Å². The lowest BCUT2D eigenvalue weighted by atomic mass is 9.80. The van der Waals surface area contributed by atoms with E-state index in [4.69, 9.17) is 4.99 Å². The molecule has 3 rings (SSSR count). The molecule has 122 valence electrons. The SMILES string of the molecule is CN(C)C(=O)N1C[C@@H]2C[C@@](N=CC=O)(C3CCCC3)C[C@@H]2C1. The fraction of sp³-hybridized carbons (Fsp3) is 0.824. The summed E-state index contributed by atoms with van der Waals surface area (Å²) < 4.78 is 0. The molecule has 0 spiro atoms. The molecular formula is C17H27N3O2. The fourth-order valence-corrected chi connectivity index (χ4v) is 5.02. The molecule has 1 saturated heterocycles. The van der Waals surface area contributed by atoms with E-state index in [1.54, 1.807) is 4.90 Å². The number of carbonyl (C=O) groups is 2. The molecule has 0 aromatic carbocycles. The molecule has 22 heavy (non-hydrogen) atoms. The van der Waals surface area contributed by atoms with E-state index in [0.717, 1.165) is 32.2 Å². The Labute approximate surface area is 132 Å². The van der Waals surface area contributed by atoms with Gasteiger partial charge in [-0.15, -0.1) is 0 Å². The Kier molecular flexibility index (Phi) is 4.24. The molecule has 0 radical (unpaired) electrons. The number of aldehydes is 1. The first-order valence-corrected chi connectivity index (χ1v) is 8.51. The van der Waals surface area contributed by atoms with E-state index in [1.807, 2.05) is 19.0 Å². The number of likely N-dealkylation sites (tertiary alicyclic amines) is 1. The molecule has 2 saturated carbocycles. The predicted octanol–water partition coefficient (Wildman–Crippen LogP) is 2.21. The lowest BCUT2D eigenvalue weighted by Gasteiger charge is -2.33. The molecule has 2 amide bonds. The number of carbonyl (C=O) groups excluding carboxylic acids is 2. The van der Waals surface area contributed by atoms with E-state index in [1.165, 1.54) is 31.9 Å². The second-order valence-electron chi connectivity index (χ2n) is 7.51. The second-order valence-corrected chi connectivity index (χ2v) is 7.51. The zero-order valence-electron chi connectivity index (χ0n) is 13.7. The standard InChI is InChI=1S/C17H27N3O2/c1-19(2)16(22)20-11-13-9-17(18-7-8-21,10-14(13)12-20)15-5-3-4-6-15/h7-8,13-15H,3-6,9-12H2,1-2H3/t13-,14+,17-. The monoisotopic (exact) mass is 305 g/mol. The average molecular weight is 305 g/mol. The van der Waals surface area contributed by atoms with Gasteiger partial charge in [0, 0.05) is 27.2 Å². The van der Waals surface area contributed by atoms with Gasteiger partial charge in [0.2, 0.25) is 0 Å². The van der Waals surface area contributed by atoms with Gasteiger partial charge < -0.3 is 9.80 Å². The van der Waals surface area contributed by atoms with Gasteiger partial charge in [-0.05, 0) is 43.4 Å².